The summed E-state index contributed by atoms with van der Waals surface area (Å²) in [4.78, 5) is 21.3. The maximum atomic E-state index is 13.1. The largest absolute Gasteiger partial charge is 0.398 e. The second-order valence-corrected chi connectivity index (χ2v) is 7.75. The number of benzene rings is 2. The molecule has 1 saturated heterocycles. The number of aromatic nitrogens is 1. The van der Waals surface area contributed by atoms with Crippen molar-refractivity contribution in [2.75, 3.05) is 25.4 Å². The Morgan fingerprint density at radius 3 is 2.66 bits per heavy atom. The monoisotopic (exact) mass is 434 g/mol. The summed E-state index contributed by atoms with van der Waals surface area (Å²) >= 11 is 0. The third kappa shape index (κ3) is 5.71. The highest BCUT2D eigenvalue weighted by atomic mass is 19.1. The van der Waals surface area contributed by atoms with E-state index < -0.39 is 0 Å². The number of carbonyl (C=O) groups excluding carboxylic acids is 1. The summed E-state index contributed by atoms with van der Waals surface area (Å²) in [6, 6.07) is 14.3. The lowest BCUT2D eigenvalue weighted by Gasteiger charge is -2.39. The third-order valence-electron chi connectivity index (χ3n) is 5.53. The van der Waals surface area contributed by atoms with Gasteiger partial charge in [-0.05, 0) is 54.5 Å². The molecular formula is C26H31FN4O. The first-order chi connectivity index (χ1) is 15.5. The number of nitrogens with two attached hydrogens (primary N) is 1. The predicted molar refractivity (Wildman–Crippen MR) is 129 cm³/mol. The Morgan fingerprint density at radius 1 is 1.19 bits per heavy atom. The van der Waals surface area contributed by atoms with Crippen LogP contribution >= 0.6 is 0 Å². The standard InChI is InChI=1S/C24H25FN4O.C2H6/c1-17-15-28(16-18-4-7-21(25)8-5-18)11-12-29(17)24(30)9-6-19-13-20-3-2-10-27-23(20)14-22(19)26;1-2/h2-10,13-14,17H,11-12,15-16,26H2,1H3;1-2H3/b9-6+;/t17-;/m1./s1. The molecule has 0 spiro atoms. The molecule has 0 bridgehead atoms. The van der Waals surface area contributed by atoms with Crippen LogP contribution in [0.15, 0.2) is 60.8 Å². The summed E-state index contributed by atoms with van der Waals surface area (Å²) < 4.78 is 13.1. The molecule has 168 valence electrons. The molecule has 0 aliphatic carbocycles. The van der Waals surface area contributed by atoms with E-state index in [2.05, 4.69) is 16.8 Å². The normalized spacial score (nSPS) is 16.8. The number of pyridine rings is 1. The van der Waals surface area contributed by atoms with Crippen LogP contribution in [0.5, 0.6) is 0 Å². The molecule has 1 amide bonds. The van der Waals surface area contributed by atoms with Gasteiger partial charge in [0.15, 0.2) is 0 Å². The number of rotatable bonds is 4. The first kappa shape index (κ1) is 23.4. The molecule has 1 aliphatic rings. The minimum Gasteiger partial charge on any atom is -0.398 e. The number of hydrogen-bond acceptors (Lipinski definition) is 4. The van der Waals surface area contributed by atoms with Crippen LogP contribution in [0.3, 0.4) is 0 Å². The first-order valence-electron chi connectivity index (χ1n) is 11.1. The second kappa shape index (κ2) is 10.9. The highest BCUT2D eigenvalue weighted by molar-refractivity contribution is 5.94. The Hall–Kier alpha value is -3.25. The summed E-state index contributed by atoms with van der Waals surface area (Å²) in [5.74, 6) is -0.243. The molecule has 6 heteroatoms. The molecular weight excluding hydrogens is 403 g/mol. The smallest absolute Gasteiger partial charge is 0.246 e. The van der Waals surface area contributed by atoms with Gasteiger partial charge < -0.3 is 10.6 Å². The van der Waals surface area contributed by atoms with Crippen molar-refractivity contribution < 1.29 is 9.18 Å². The minimum absolute atomic E-state index is 0.0189. The average molecular weight is 435 g/mol. The molecule has 1 fully saturated rings. The summed E-state index contributed by atoms with van der Waals surface area (Å²) in [7, 11) is 0. The third-order valence-corrected chi connectivity index (χ3v) is 5.53. The molecule has 1 aromatic heterocycles. The van der Waals surface area contributed by atoms with Gasteiger partial charge in [0, 0.05) is 55.6 Å². The fraction of sp³-hybridized carbons (Fsp3) is 0.308. The molecule has 2 N–H and O–H groups in total. The maximum absolute atomic E-state index is 13.1. The van der Waals surface area contributed by atoms with Gasteiger partial charge in [0.05, 0.1) is 5.52 Å². The zero-order chi connectivity index (χ0) is 23.1. The Morgan fingerprint density at radius 2 is 1.94 bits per heavy atom. The minimum atomic E-state index is -0.224. The van der Waals surface area contributed by atoms with Gasteiger partial charge in [-0.1, -0.05) is 32.0 Å². The van der Waals surface area contributed by atoms with Crippen molar-refractivity contribution in [3.05, 3.63) is 77.7 Å². The number of halogens is 1. The molecule has 1 aliphatic heterocycles. The molecule has 5 nitrogen and oxygen atoms in total. The molecule has 2 aromatic carbocycles. The van der Waals surface area contributed by atoms with Crippen molar-refractivity contribution in [3.8, 4) is 0 Å². The second-order valence-electron chi connectivity index (χ2n) is 7.75. The van der Waals surface area contributed by atoms with Gasteiger partial charge >= 0.3 is 0 Å². The Balaban J connectivity index is 0.00000141. The van der Waals surface area contributed by atoms with E-state index >= 15 is 0 Å². The van der Waals surface area contributed by atoms with Crippen LogP contribution in [0.25, 0.3) is 17.0 Å². The van der Waals surface area contributed by atoms with Gasteiger partial charge in [-0.3, -0.25) is 14.7 Å². The van der Waals surface area contributed by atoms with E-state index in [0.717, 1.165) is 41.7 Å². The van der Waals surface area contributed by atoms with Gasteiger partial charge in [0.2, 0.25) is 5.91 Å². The lowest BCUT2D eigenvalue weighted by atomic mass is 10.1. The zero-order valence-corrected chi connectivity index (χ0v) is 19.0. The van der Waals surface area contributed by atoms with E-state index in [-0.39, 0.29) is 17.8 Å². The number of hydrogen-bond donors (Lipinski definition) is 1. The quantitative estimate of drug-likeness (QED) is 0.476. The molecule has 2 heterocycles. The van der Waals surface area contributed by atoms with Crippen molar-refractivity contribution in [1.29, 1.82) is 0 Å². The lowest BCUT2D eigenvalue weighted by Crippen LogP contribution is -2.53. The summed E-state index contributed by atoms with van der Waals surface area (Å²) in [5.41, 5.74) is 9.46. The number of nitrogens with zero attached hydrogens (tertiary/aromatic N) is 3. The van der Waals surface area contributed by atoms with Gasteiger partial charge in [-0.25, -0.2) is 4.39 Å². The van der Waals surface area contributed by atoms with Crippen LogP contribution in [0.1, 0.15) is 31.9 Å². The fourth-order valence-corrected chi connectivity index (χ4v) is 3.91. The van der Waals surface area contributed by atoms with Gasteiger partial charge in [0.1, 0.15) is 5.82 Å². The van der Waals surface area contributed by atoms with Crippen LogP contribution in [-0.2, 0) is 11.3 Å². The van der Waals surface area contributed by atoms with E-state index in [1.807, 2.05) is 55.1 Å². The predicted octanol–water partition coefficient (Wildman–Crippen LogP) is 4.73. The van der Waals surface area contributed by atoms with Crippen molar-refractivity contribution in [2.45, 2.75) is 33.4 Å². The fourth-order valence-electron chi connectivity index (χ4n) is 3.91. The molecule has 3 aromatic rings. The molecule has 0 saturated carbocycles. The van der Waals surface area contributed by atoms with Gasteiger partial charge in [0.25, 0.3) is 0 Å². The Labute approximate surface area is 189 Å². The molecule has 0 unspecified atom stereocenters. The summed E-state index contributed by atoms with van der Waals surface area (Å²) in [5, 5.41) is 0.988. The van der Waals surface area contributed by atoms with Crippen molar-refractivity contribution in [2.24, 2.45) is 0 Å². The maximum Gasteiger partial charge on any atom is 0.246 e. The Kier molecular flexibility index (Phi) is 7.95. The number of fused-ring (bicyclic) bond motifs is 1. The average Bonchev–Trinajstić information content (AvgIpc) is 2.80. The topological polar surface area (TPSA) is 62.5 Å². The van der Waals surface area contributed by atoms with E-state index in [0.29, 0.717) is 12.2 Å². The number of carbonyl (C=O) groups is 1. The summed E-state index contributed by atoms with van der Waals surface area (Å²) in [6.45, 7) is 9.03. The Bertz CT molecular complexity index is 1080. The van der Waals surface area contributed by atoms with Crippen LogP contribution in [-0.4, -0.2) is 46.4 Å². The van der Waals surface area contributed by atoms with Crippen molar-refractivity contribution in [3.63, 3.8) is 0 Å². The molecule has 32 heavy (non-hydrogen) atoms. The summed E-state index contributed by atoms with van der Waals surface area (Å²) in [6.07, 6.45) is 5.11. The number of anilines is 1. The molecule has 0 radical (unpaired) electrons. The van der Waals surface area contributed by atoms with Gasteiger partial charge in [-0.2, -0.15) is 0 Å². The van der Waals surface area contributed by atoms with Crippen molar-refractivity contribution in [1.82, 2.24) is 14.8 Å². The zero-order valence-electron chi connectivity index (χ0n) is 19.0. The lowest BCUT2D eigenvalue weighted by molar-refractivity contribution is -0.130. The van der Waals surface area contributed by atoms with Crippen LogP contribution in [0.4, 0.5) is 10.1 Å². The number of piperazine rings is 1. The van der Waals surface area contributed by atoms with Crippen LogP contribution < -0.4 is 5.73 Å². The first-order valence-corrected chi connectivity index (χ1v) is 11.1. The van der Waals surface area contributed by atoms with Crippen LogP contribution in [0, 0.1) is 5.82 Å². The molecule has 4 rings (SSSR count). The van der Waals surface area contributed by atoms with Gasteiger partial charge in [-0.15, -0.1) is 0 Å². The van der Waals surface area contributed by atoms with E-state index in [9.17, 15) is 9.18 Å². The van der Waals surface area contributed by atoms with E-state index in [1.54, 1.807) is 18.3 Å². The number of amides is 1. The van der Waals surface area contributed by atoms with E-state index in [4.69, 9.17) is 5.73 Å². The highest BCUT2D eigenvalue weighted by Gasteiger charge is 2.26. The highest BCUT2D eigenvalue weighted by Crippen LogP contribution is 2.22. The molecule has 1 atom stereocenters. The van der Waals surface area contributed by atoms with E-state index in [1.165, 1.54) is 12.1 Å². The van der Waals surface area contributed by atoms with Crippen molar-refractivity contribution >= 4 is 28.6 Å². The SMILES string of the molecule is CC.C[C@@H]1CN(Cc2ccc(F)cc2)CCN1C(=O)/C=C/c1cc2cccnc2cc1N. The number of nitrogen functional groups attached to an aromatic ring is 1. The van der Waals surface area contributed by atoms with Crippen LogP contribution in [0.2, 0.25) is 0 Å².